The number of hydrogen-bond acceptors (Lipinski definition) is 5. The molecule has 0 atom stereocenters. The third kappa shape index (κ3) is 4.35. The van der Waals surface area contributed by atoms with Gasteiger partial charge in [-0.1, -0.05) is 42.5 Å². The standard InChI is InChI=1S/C26H28N2O5S/c1-26(2)17-21-8-5-9-23(25(21)33-26)32-18-24(29)27-12-14-28(15-13-27)34(30,31)22-11-10-19-6-3-4-7-20(19)16-22/h3-11,16H,12-15,17-18H2,1-2H3. The second-order valence-corrected chi connectivity index (χ2v) is 11.3. The van der Waals surface area contributed by atoms with Gasteiger partial charge in [-0.2, -0.15) is 4.31 Å². The van der Waals surface area contributed by atoms with E-state index in [-0.39, 0.29) is 36.1 Å². The van der Waals surface area contributed by atoms with Gasteiger partial charge in [-0.15, -0.1) is 0 Å². The lowest BCUT2D eigenvalue weighted by Gasteiger charge is -2.34. The van der Waals surface area contributed by atoms with E-state index >= 15 is 0 Å². The molecule has 0 bridgehead atoms. The SMILES string of the molecule is CC1(C)Cc2cccc(OCC(=O)N3CCN(S(=O)(=O)c4ccc5ccccc5c4)CC3)c2O1. The van der Waals surface area contributed by atoms with Crippen molar-refractivity contribution in [3.05, 3.63) is 66.2 Å². The lowest BCUT2D eigenvalue weighted by Crippen LogP contribution is -2.51. The first kappa shape index (κ1) is 22.7. The Labute approximate surface area is 199 Å². The van der Waals surface area contributed by atoms with Gasteiger partial charge in [0.25, 0.3) is 5.91 Å². The van der Waals surface area contributed by atoms with Crippen LogP contribution in [0.25, 0.3) is 10.8 Å². The number of nitrogens with zero attached hydrogens (tertiary/aromatic N) is 2. The number of amides is 1. The van der Waals surface area contributed by atoms with Gasteiger partial charge in [0.2, 0.25) is 10.0 Å². The average Bonchev–Trinajstić information content (AvgIpc) is 3.16. The minimum atomic E-state index is -3.63. The minimum absolute atomic E-state index is 0.113. The van der Waals surface area contributed by atoms with Crippen LogP contribution in [0.1, 0.15) is 19.4 Å². The van der Waals surface area contributed by atoms with Crippen LogP contribution >= 0.6 is 0 Å². The van der Waals surface area contributed by atoms with Gasteiger partial charge in [-0.05, 0) is 42.8 Å². The summed E-state index contributed by atoms with van der Waals surface area (Å²) in [5, 5.41) is 1.88. The molecule has 1 saturated heterocycles. The zero-order valence-electron chi connectivity index (χ0n) is 19.4. The molecule has 3 aromatic rings. The third-order valence-electron chi connectivity index (χ3n) is 6.36. The van der Waals surface area contributed by atoms with Gasteiger partial charge < -0.3 is 14.4 Å². The van der Waals surface area contributed by atoms with E-state index in [0.29, 0.717) is 24.6 Å². The van der Waals surface area contributed by atoms with Gasteiger partial charge in [0.1, 0.15) is 5.60 Å². The molecule has 1 fully saturated rings. The first-order chi connectivity index (χ1) is 16.2. The van der Waals surface area contributed by atoms with Gasteiger partial charge >= 0.3 is 0 Å². The fourth-order valence-corrected chi connectivity index (χ4v) is 6.04. The Morgan fingerprint density at radius 3 is 2.47 bits per heavy atom. The van der Waals surface area contributed by atoms with E-state index in [1.54, 1.807) is 17.0 Å². The highest BCUT2D eigenvalue weighted by Crippen LogP contribution is 2.41. The number of benzene rings is 3. The molecule has 2 heterocycles. The molecule has 178 valence electrons. The molecule has 0 unspecified atom stereocenters. The third-order valence-corrected chi connectivity index (χ3v) is 8.25. The van der Waals surface area contributed by atoms with E-state index in [0.717, 1.165) is 22.8 Å². The first-order valence-electron chi connectivity index (χ1n) is 11.4. The summed E-state index contributed by atoms with van der Waals surface area (Å²) in [7, 11) is -3.63. The van der Waals surface area contributed by atoms with Crippen LogP contribution in [-0.2, 0) is 21.2 Å². The highest BCUT2D eigenvalue weighted by Gasteiger charge is 2.33. The van der Waals surface area contributed by atoms with E-state index in [9.17, 15) is 13.2 Å². The van der Waals surface area contributed by atoms with E-state index in [1.807, 2.05) is 62.4 Å². The average molecular weight is 481 g/mol. The number of carbonyl (C=O) groups is 1. The number of carbonyl (C=O) groups excluding carboxylic acids is 1. The maximum Gasteiger partial charge on any atom is 0.260 e. The van der Waals surface area contributed by atoms with Crippen molar-refractivity contribution in [3.8, 4) is 11.5 Å². The van der Waals surface area contributed by atoms with E-state index in [2.05, 4.69) is 0 Å². The topological polar surface area (TPSA) is 76.2 Å². The zero-order valence-corrected chi connectivity index (χ0v) is 20.2. The van der Waals surface area contributed by atoms with Gasteiger partial charge in [-0.25, -0.2) is 8.42 Å². The summed E-state index contributed by atoms with van der Waals surface area (Å²) in [5.74, 6) is 1.10. The van der Waals surface area contributed by atoms with Crippen molar-refractivity contribution in [2.45, 2.75) is 30.8 Å². The van der Waals surface area contributed by atoms with Gasteiger partial charge in [0.15, 0.2) is 18.1 Å². The van der Waals surface area contributed by atoms with Crippen LogP contribution in [0.3, 0.4) is 0 Å². The summed E-state index contributed by atoms with van der Waals surface area (Å²) in [6.45, 7) is 5.08. The molecule has 34 heavy (non-hydrogen) atoms. The van der Waals surface area contributed by atoms with E-state index < -0.39 is 10.0 Å². The number of sulfonamides is 1. The maximum absolute atomic E-state index is 13.2. The summed E-state index contributed by atoms with van der Waals surface area (Å²) in [5.41, 5.74) is 0.779. The molecule has 0 N–H and O–H groups in total. The van der Waals surface area contributed by atoms with Gasteiger partial charge in [-0.3, -0.25) is 4.79 Å². The van der Waals surface area contributed by atoms with Crippen molar-refractivity contribution < 1.29 is 22.7 Å². The Morgan fingerprint density at radius 2 is 1.71 bits per heavy atom. The molecule has 8 heteroatoms. The molecule has 5 rings (SSSR count). The van der Waals surface area contributed by atoms with Crippen molar-refractivity contribution in [2.75, 3.05) is 32.8 Å². The van der Waals surface area contributed by atoms with Crippen LogP contribution in [-0.4, -0.2) is 61.9 Å². The number of ether oxygens (including phenoxy) is 2. The normalized spacial score (nSPS) is 17.9. The van der Waals surface area contributed by atoms with Crippen LogP contribution in [0.15, 0.2) is 65.6 Å². The van der Waals surface area contributed by atoms with Crippen LogP contribution in [0, 0.1) is 0 Å². The summed E-state index contributed by atoms with van der Waals surface area (Å²) in [4.78, 5) is 14.7. The Kier molecular flexibility index (Phi) is 5.73. The molecule has 2 aliphatic rings. The summed E-state index contributed by atoms with van der Waals surface area (Å²) < 4.78 is 39.6. The number of fused-ring (bicyclic) bond motifs is 2. The van der Waals surface area contributed by atoms with E-state index in [1.165, 1.54) is 4.31 Å². The van der Waals surface area contributed by atoms with Crippen LogP contribution in [0.5, 0.6) is 11.5 Å². The van der Waals surface area contributed by atoms with Gasteiger partial charge in [0.05, 0.1) is 4.90 Å². The fraction of sp³-hybridized carbons (Fsp3) is 0.346. The highest BCUT2D eigenvalue weighted by molar-refractivity contribution is 7.89. The molecule has 0 saturated carbocycles. The molecular formula is C26H28N2O5S. The molecule has 2 aliphatic heterocycles. The van der Waals surface area contributed by atoms with Crippen LogP contribution < -0.4 is 9.47 Å². The molecule has 0 aliphatic carbocycles. The highest BCUT2D eigenvalue weighted by atomic mass is 32.2. The fourth-order valence-electron chi connectivity index (χ4n) is 4.59. The summed E-state index contributed by atoms with van der Waals surface area (Å²) in [6.07, 6.45) is 0.793. The number of piperazine rings is 1. The van der Waals surface area contributed by atoms with Crippen molar-refractivity contribution in [3.63, 3.8) is 0 Å². The van der Waals surface area contributed by atoms with Crippen molar-refractivity contribution in [1.82, 2.24) is 9.21 Å². The van der Waals surface area contributed by atoms with Crippen molar-refractivity contribution in [2.24, 2.45) is 0 Å². The van der Waals surface area contributed by atoms with E-state index in [4.69, 9.17) is 9.47 Å². The predicted molar refractivity (Wildman–Crippen MR) is 130 cm³/mol. The predicted octanol–water partition coefficient (Wildman–Crippen LogP) is 3.47. The molecule has 7 nitrogen and oxygen atoms in total. The Morgan fingerprint density at radius 1 is 0.971 bits per heavy atom. The van der Waals surface area contributed by atoms with Gasteiger partial charge in [0, 0.05) is 38.2 Å². The lowest BCUT2D eigenvalue weighted by molar-refractivity contribution is -0.134. The lowest BCUT2D eigenvalue weighted by atomic mass is 10.0. The largest absolute Gasteiger partial charge is 0.483 e. The first-order valence-corrected chi connectivity index (χ1v) is 12.9. The molecule has 0 spiro atoms. The monoisotopic (exact) mass is 480 g/mol. The van der Waals surface area contributed by atoms with Crippen LogP contribution in [0.2, 0.25) is 0 Å². The second kappa shape index (κ2) is 8.60. The molecule has 1 amide bonds. The van der Waals surface area contributed by atoms with Crippen molar-refractivity contribution >= 4 is 26.7 Å². The summed E-state index contributed by atoms with van der Waals surface area (Å²) >= 11 is 0. The van der Waals surface area contributed by atoms with Crippen molar-refractivity contribution in [1.29, 1.82) is 0 Å². The number of para-hydroxylation sites is 1. The Balaban J connectivity index is 1.20. The Hall–Kier alpha value is -3.10. The van der Waals surface area contributed by atoms with Crippen LogP contribution in [0.4, 0.5) is 0 Å². The Bertz CT molecular complexity index is 1340. The smallest absolute Gasteiger partial charge is 0.260 e. The molecular weight excluding hydrogens is 452 g/mol. The number of hydrogen-bond donors (Lipinski definition) is 0. The molecule has 3 aromatic carbocycles. The zero-order chi connectivity index (χ0) is 23.9. The molecule has 0 radical (unpaired) electrons. The second-order valence-electron chi connectivity index (χ2n) is 9.37. The molecule has 0 aromatic heterocycles. The summed E-state index contributed by atoms with van der Waals surface area (Å²) in [6, 6.07) is 18.6. The quantitative estimate of drug-likeness (QED) is 0.559. The minimum Gasteiger partial charge on any atom is -0.483 e. The maximum atomic E-state index is 13.2. The number of rotatable bonds is 5.